The summed E-state index contributed by atoms with van der Waals surface area (Å²) in [5.41, 5.74) is -0.170. The van der Waals surface area contributed by atoms with Crippen LogP contribution in [0.1, 0.15) is 38.5 Å². The lowest BCUT2D eigenvalue weighted by atomic mass is 10.1. The second-order valence-electron chi connectivity index (χ2n) is 5.67. The van der Waals surface area contributed by atoms with Gasteiger partial charge in [0, 0.05) is 25.1 Å². The quantitative estimate of drug-likeness (QED) is 0.405. The first kappa shape index (κ1) is 17.7. The Bertz CT molecular complexity index is 801. The number of aromatic nitrogens is 3. The highest BCUT2D eigenvalue weighted by Crippen LogP contribution is 2.35. The van der Waals surface area contributed by atoms with Crippen molar-refractivity contribution in [3.05, 3.63) is 33.2 Å². The molecule has 0 fully saturated rings. The summed E-state index contributed by atoms with van der Waals surface area (Å²) in [4.78, 5) is 46.1. The molecule has 0 bridgehead atoms. The van der Waals surface area contributed by atoms with Crippen molar-refractivity contribution >= 4 is 18.5 Å². The Morgan fingerprint density at radius 2 is 1.65 bits per heavy atom. The molecule has 0 atom stereocenters. The Morgan fingerprint density at radius 3 is 2.35 bits per heavy atom. The van der Waals surface area contributed by atoms with Gasteiger partial charge in [0.1, 0.15) is 0 Å². The summed E-state index contributed by atoms with van der Waals surface area (Å²) < 4.78 is 12.3. The summed E-state index contributed by atoms with van der Waals surface area (Å²) in [6.07, 6.45) is 8.11. The van der Waals surface area contributed by atoms with Crippen LogP contribution in [-0.2, 0) is 11.1 Å². The third-order valence-electron chi connectivity index (χ3n) is 3.81. The molecule has 0 aliphatic carbocycles. The van der Waals surface area contributed by atoms with Crippen LogP contribution in [0.5, 0.6) is 0 Å². The van der Waals surface area contributed by atoms with Crippen molar-refractivity contribution in [1.29, 1.82) is 0 Å². The van der Waals surface area contributed by atoms with Crippen molar-refractivity contribution in [2.75, 3.05) is 6.16 Å². The molecule has 0 spiro atoms. The number of aromatic amines is 2. The first-order chi connectivity index (χ1) is 10.9. The summed E-state index contributed by atoms with van der Waals surface area (Å²) in [6.45, 7) is 0.534. The van der Waals surface area contributed by atoms with E-state index in [-0.39, 0.29) is 11.7 Å². The lowest BCUT2D eigenvalue weighted by Crippen LogP contribution is -2.29. The van der Waals surface area contributed by atoms with E-state index in [9.17, 15) is 14.2 Å². The average molecular weight is 343 g/mol. The monoisotopic (exact) mass is 343 g/mol. The molecule has 2 aromatic rings. The van der Waals surface area contributed by atoms with Gasteiger partial charge < -0.3 is 14.8 Å². The maximum absolute atomic E-state index is 11.9. The van der Waals surface area contributed by atoms with Crippen molar-refractivity contribution in [3.63, 3.8) is 0 Å². The minimum atomic E-state index is -3.86. The summed E-state index contributed by atoms with van der Waals surface area (Å²) >= 11 is 0. The highest BCUT2D eigenvalue weighted by atomic mass is 31.2. The van der Waals surface area contributed by atoms with Crippen LogP contribution in [0.3, 0.4) is 0 Å². The molecule has 0 amide bonds. The van der Waals surface area contributed by atoms with Gasteiger partial charge in [-0.3, -0.25) is 18.9 Å². The molecular weight excluding hydrogens is 321 g/mol. The minimum absolute atomic E-state index is 0.0504. The highest BCUT2D eigenvalue weighted by molar-refractivity contribution is 7.51. The molecule has 8 nitrogen and oxygen atoms in total. The fourth-order valence-electron chi connectivity index (χ4n) is 2.62. The summed E-state index contributed by atoms with van der Waals surface area (Å²) in [5, 5.41) is 0.474. The van der Waals surface area contributed by atoms with Gasteiger partial charge in [0.25, 0.3) is 5.56 Å². The third-order valence-corrected chi connectivity index (χ3v) is 4.70. The fraction of sp³-hybridized carbons (Fsp3) is 0.571. The molecular formula is C14H22N3O5P. The van der Waals surface area contributed by atoms with Crippen molar-refractivity contribution < 1.29 is 14.4 Å². The zero-order chi connectivity index (χ0) is 16.9. The fourth-order valence-corrected chi connectivity index (χ4v) is 3.25. The molecule has 23 heavy (non-hydrogen) atoms. The molecule has 0 unspecified atom stereocenters. The Labute approximate surface area is 132 Å². The Balaban J connectivity index is 1.75. The zero-order valence-electron chi connectivity index (χ0n) is 12.8. The topological polar surface area (TPSA) is 128 Å². The van der Waals surface area contributed by atoms with E-state index in [1.54, 1.807) is 17.0 Å². The molecule has 4 N–H and O–H groups in total. The van der Waals surface area contributed by atoms with Crippen LogP contribution in [0.4, 0.5) is 0 Å². The van der Waals surface area contributed by atoms with Crippen LogP contribution in [0.15, 0.2) is 22.0 Å². The molecule has 128 valence electrons. The van der Waals surface area contributed by atoms with Crippen LogP contribution in [-0.4, -0.2) is 30.5 Å². The molecule has 2 rings (SSSR count). The number of hydrogen-bond acceptors (Lipinski definition) is 3. The van der Waals surface area contributed by atoms with Gasteiger partial charge in [-0.15, -0.1) is 0 Å². The number of fused-ring (bicyclic) bond motifs is 1. The van der Waals surface area contributed by atoms with E-state index in [0.29, 0.717) is 23.9 Å². The van der Waals surface area contributed by atoms with Gasteiger partial charge >= 0.3 is 13.3 Å². The number of nitrogens with one attached hydrogen (secondary N) is 2. The minimum Gasteiger partial charge on any atom is -0.365 e. The van der Waals surface area contributed by atoms with E-state index < -0.39 is 13.3 Å². The van der Waals surface area contributed by atoms with Crippen LogP contribution in [0, 0.1) is 0 Å². The Kier molecular flexibility index (Phi) is 5.98. The largest absolute Gasteiger partial charge is 0.365 e. The summed E-state index contributed by atoms with van der Waals surface area (Å²) in [7, 11) is -3.86. The lowest BCUT2D eigenvalue weighted by Gasteiger charge is -2.07. The van der Waals surface area contributed by atoms with Crippen molar-refractivity contribution in [1.82, 2.24) is 14.5 Å². The predicted octanol–water partition coefficient (Wildman–Crippen LogP) is 1.54. The molecule has 2 aromatic heterocycles. The first-order valence-electron chi connectivity index (χ1n) is 7.73. The van der Waals surface area contributed by atoms with Crippen molar-refractivity contribution in [2.45, 2.75) is 45.1 Å². The third kappa shape index (κ3) is 5.20. The molecule has 0 aliphatic heterocycles. The Morgan fingerprint density at radius 1 is 1.00 bits per heavy atom. The van der Waals surface area contributed by atoms with Crippen LogP contribution in [0.25, 0.3) is 10.9 Å². The van der Waals surface area contributed by atoms with Crippen LogP contribution >= 0.6 is 7.60 Å². The van der Waals surface area contributed by atoms with E-state index in [1.165, 1.54) is 0 Å². The van der Waals surface area contributed by atoms with Crippen molar-refractivity contribution in [3.8, 4) is 0 Å². The van der Waals surface area contributed by atoms with Gasteiger partial charge in [-0.2, -0.15) is 0 Å². The summed E-state index contributed by atoms with van der Waals surface area (Å²) in [5.74, 6) is 0. The summed E-state index contributed by atoms with van der Waals surface area (Å²) in [6, 6.07) is 0. The van der Waals surface area contributed by atoms with Gasteiger partial charge in [0.05, 0.1) is 10.9 Å². The van der Waals surface area contributed by atoms with Crippen molar-refractivity contribution in [2.24, 2.45) is 0 Å². The predicted molar refractivity (Wildman–Crippen MR) is 87.8 cm³/mol. The standard InChI is InChI=1S/C14H22N3O5P/c18-13-11-9-15-10-12(11)17(14(19)16-13)7-5-3-1-2-4-6-8-23(20,21)22/h9-10,15H,1-8H2,(H,16,18,19)(H2,20,21,22). The average Bonchev–Trinajstić information content (AvgIpc) is 2.93. The number of rotatable bonds is 9. The number of H-pyrrole nitrogens is 2. The Hall–Kier alpha value is -1.63. The van der Waals surface area contributed by atoms with Gasteiger partial charge in [-0.1, -0.05) is 25.7 Å². The van der Waals surface area contributed by atoms with E-state index in [0.717, 1.165) is 32.1 Å². The number of nitrogens with zero attached hydrogens (tertiary/aromatic N) is 1. The normalized spacial score (nSPS) is 12.1. The first-order valence-corrected chi connectivity index (χ1v) is 9.52. The molecule has 0 saturated carbocycles. The molecule has 0 saturated heterocycles. The second kappa shape index (κ2) is 7.77. The van der Waals surface area contributed by atoms with Crippen LogP contribution < -0.4 is 11.2 Å². The second-order valence-corrected chi connectivity index (χ2v) is 7.45. The smallest absolute Gasteiger partial charge is 0.328 e. The number of aryl methyl sites for hydroxylation is 1. The van der Waals surface area contributed by atoms with Gasteiger partial charge in [-0.25, -0.2) is 4.79 Å². The van der Waals surface area contributed by atoms with E-state index in [4.69, 9.17) is 9.79 Å². The zero-order valence-corrected chi connectivity index (χ0v) is 13.7. The molecule has 2 heterocycles. The van der Waals surface area contributed by atoms with Gasteiger partial charge in [-0.05, 0) is 12.8 Å². The SMILES string of the molecule is O=c1[nH]c(=O)n(CCCCCCCCP(=O)(O)O)c2c[nH]cc12. The van der Waals surface area contributed by atoms with Gasteiger partial charge in [0.2, 0.25) is 0 Å². The number of unbranched alkanes of at least 4 members (excludes halogenated alkanes) is 5. The van der Waals surface area contributed by atoms with E-state index in [2.05, 4.69) is 9.97 Å². The van der Waals surface area contributed by atoms with E-state index >= 15 is 0 Å². The van der Waals surface area contributed by atoms with E-state index in [1.807, 2.05) is 0 Å². The maximum atomic E-state index is 11.9. The molecule has 0 aromatic carbocycles. The highest BCUT2D eigenvalue weighted by Gasteiger charge is 2.11. The van der Waals surface area contributed by atoms with Crippen LogP contribution in [0.2, 0.25) is 0 Å². The molecule has 9 heteroatoms. The molecule has 0 radical (unpaired) electrons. The number of hydrogen-bond donors (Lipinski definition) is 4. The van der Waals surface area contributed by atoms with Gasteiger partial charge in [0.15, 0.2) is 0 Å². The maximum Gasteiger partial charge on any atom is 0.328 e. The lowest BCUT2D eigenvalue weighted by molar-refractivity contribution is 0.370. The molecule has 0 aliphatic rings.